The number of benzene rings is 2. The Morgan fingerprint density at radius 2 is 1.75 bits per heavy atom. The van der Waals surface area contributed by atoms with E-state index in [4.69, 9.17) is 0 Å². The fourth-order valence-corrected chi connectivity index (χ4v) is 2.80. The molecule has 4 aromatic rings. The highest BCUT2D eigenvalue weighted by molar-refractivity contribution is 5.95. The lowest BCUT2D eigenvalue weighted by molar-refractivity contribution is -0.614. The van der Waals surface area contributed by atoms with Gasteiger partial charge in [0.15, 0.2) is 5.52 Å². The van der Waals surface area contributed by atoms with Crippen molar-refractivity contribution in [1.82, 2.24) is 4.40 Å². The molecular formula is C17H13N2O+. The lowest BCUT2D eigenvalue weighted by Gasteiger charge is -2.03. The minimum atomic E-state index is -0.0343. The van der Waals surface area contributed by atoms with Gasteiger partial charge >= 0.3 is 5.69 Å². The molecule has 0 saturated carbocycles. The molecule has 4 rings (SSSR count). The van der Waals surface area contributed by atoms with Crippen LogP contribution in [0.2, 0.25) is 0 Å². The summed E-state index contributed by atoms with van der Waals surface area (Å²) in [5, 5.41) is 2.16. The standard InChI is InChI=1S/C17H13N2O/c1-12-5-2-3-8-15(12)19-11-14-7-4-6-13-9-10-18(16(13)14)17(19)20/h2-11H,1H3/q+1. The van der Waals surface area contributed by atoms with Crippen LogP contribution in [-0.2, 0) is 0 Å². The third kappa shape index (κ3) is 1.40. The largest absolute Gasteiger partial charge is 0.508 e. The Labute approximate surface area is 115 Å². The second-order valence-electron chi connectivity index (χ2n) is 5.04. The summed E-state index contributed by atoms with van der Waals surface area (Å²) in [5.41, 5.74) is 2.96. The van der Waals surface area contributed by atoms with Gasteiger partial charge in [-0.2, -0.15) is 13.8 Å². The predicted molar refractivity (Wildman–Crippen MR) is 78.6 cm³/mol. The van der Waals surface area contributed by atoms with Gasteiger partial charge < -0.3 is 0 Å². The smallest absolute Gasteiger partial charge is 0.196 e. The van der Waals surface area contributed by atoms with E-state index in [0.29, 0.717) is 0 Å². The Morgan fingerprint density at radius 3 is 2.60 bits per heavy atom. The molecule has 0 aliphatic heterocycles. The minimum Gasteiger partial charge on any atom is -0.196 e. The minimum absolute atomic E-state index is 0.0343. The van der Waals surface area contributed by atoms with Crippen molar-refractivity contribution in [3.63, 3.8) is 0 Å². The molecule has 0 amide bonds. The molecule has 2 aromatic carbocycles. The Balaban J connectivity index is 2.19. The highest BCUT2D eigenvalue weighted by Crippen LogP contribution is 2.19. The van der Waals surface area contributed by atoms with Crippen molar-refractivity contribution in [3.8, 4) is 5.69 Å². The molecule has 0 bridgehead atoms. The van der Waals surface area contributed by atoms with Crippen LogP contribution in [0.15, 0.2) is 65.7 Å². The third-order valence-electron chi connectivity index (χ3n) is 3.80. The summed E-state index contributed by atoms with van der Waals surface area (Å²) in [6.07, 6.45) is 3.77. The maximum absolute atomic E-state index is 12.7. The van der Waals surface area contributed by atoms with E-state index in [1.165, 1.54) is 0 Å². The molecule has 20 heavy (non-hydrogen) atoms. The summed E-state index contributed by atoms with van der Waals surface area (Å²) in [6.45, 7) is 2.02. The first-order chi connectivity index (χ1) is 9.75. The van der Waals surface area contributed by atoms with E-state index in [1.807, 2.05) is 67.8 Å². The molecule has 0 aliphatic rings. The Morgan fingerprint density at radius 1 is 0.950 bits per heavy atom. The summed E-state index contributed by atoms with van der Waals surface area (Å²) in [7, 11) is 0. The topological polar surface area (TPSA) is 25.4 Å². The number of para-hydroxylation sites is 2. The molecule has 3 nitrogen and oxygen atoms in total. The summed E-state index contributed by atoms with van der Waals surface area (Å²) >= 11 is 0. The number of rotatable bonds is 1. The first-order valence-electron chi connectivity index (χ1n) is 6.60. The maximum Gasteiger partial charge on any atom is 0.508 e. The van der Waals surface area contributed by atoms with Gasteiger partial charge in [0.2, 0.25) is 0 Å². The molecule has 3 heteroatoms. The van der Waals surface area contributed by atoms with Crippen LogP contribution in [0.3, 0.4) is 0 Å². The van der Waals surface area contributed by atoms with E-state index in [-0.39, 0.29) is 5.69 Å². The first-order valence-corrected chi connectivity index (χ1v) is 6.60. The van der Waals surface area contributed by atoms with Gasteiger partial charge in [-0.3, -0.25) is 0 Å². The molecule has 0 radical (unpaired) electrons. The van der Waals surface area contributed by atoms with Gasteiger partial charge in [0, 0.05) is 5.39 Å². The van der Waals surface area contributed by atoms with Crippen molar-refractivity contribution >= 4 is 16.3 Å². The second-order valence-corrected chi connectivity index (χ2v) is 5.04. The lowest BCUT2D eigenvalue weighted by Crippen LogP contribution is -2.50. The Kier molecular flexibility index (Phi) is 2.18. The molecular weight excluding hydrogens is 248 g/mol. The highest BCUT2D eigenvalue weighted by atomic mass is 16.1. The monoisotopic (exact) mass is 261 g/mol. The van der Waals surface area contributed by atoms with Gasteiger partial charge in [0.1, 0.15) is 18.1 Å². The van der Waals surface area contributed by atoms with Gasteiger partial charge in [0.05, 0.1) is 5.39 Å². The quantitative estimate of drug-likeness (QED) is 0.483. The Hall–Kier alpha value is -2.68. The first kappa shape index (κ1) is 11.2. The lowest BCUT2D eigenvalue weighted by atomic mass is 10.2. The molecule has 0 unspecified atom stereocenters. The van der Waals surface area contributed by atoms with Crippen molar-refractivity contribution < 1.29 is 4.57 Å². The summed E-state index contributed by atoms with van der Waals surface area (Å²) in [5.74, 6) is 0. The van der Waals surface area contributed by atoms with E-state index in [9.17, 15) is 4.79 Å². The summed E-state index contributed by atoms with van der Waals surface area (Å²) < 4.78 is 3.44. The van der Waals surface area contributed by atoms with Crippen molar-refractivity contribution in [2.45, 2.75) is 6.92 Å². The molecule has 0 spiro atoms. The van der Waals surface area contributed by atoms with E-state index < -0.39 is 0 Å². The van der Waals surface area contributed by atoms with Crippen LogP contribution in [0.25, 0.3) is 22.0 Å². The molecule has 2 aromatic heterocycles. The van der Waals surface area contributed by atoms with Crippen LogP contribution in [0.1, 0.15) is 5.56 Å². The number of nitrogens with zero attached hydrogens (tertiary/aromatic N) is 2. The average Bonchev–Trinajstić information content (AvgIpc) is 2.89. The number of hydrogen-bond donors (Lipinski definition) is 0. The zero-order chi connectivity index (χ0) is 13.7. The molecule has 0 atom stereocenters. The SMILES string of the molecule is Cc1ccccc1-[n+]1cc2cccc3ccn(c1=O)c32. The number of hydrogen-bond acceptors (Lipinski definition) is 1. The van der Waals surface area contributed by atoms with E-state index >= 15 is 0 Å². The van der Waals surface area contributed by atoms with Crippen molar-refractivity contribution in [2.24, 2.45) is 0 Å². The van der Waals surface area contributed by atoms with E-state index in [2.05, 4.69) is 0 Å². The fraction of sp³-hybridized carbons (Fsp3) is 0.0588. The van der Waals surface area contributed by atoms with E-state index in [1.54, 1.807) is 8.97 Å². The molecule has 2 heterocycles. The normalized spacial score (nSPS) is 11.4. The zero-order valence-electron chi connectivity index (χ0n) is 11.1. The summed E-state index contributed by atoms with van der Waals surface area (Å²) in [6, 6.07) is 16.0. The van der Waals surface area contributed by atoms with Crippen molar-refractivity contribution in [1.29, 1.82) is 0 Å². The van der Waals surface area contributed by atoms with Crippen molar-refractivity contribution in [2.75, 3.05) is 0 Å². The number of aromatic nitrogens is 2. The second kappa shape index (κ2) is 3.90. The van der Waals surface area contributed by atoms with Gasteiger partial charge in [-0.25, -0.2) is 0 Å². The van der Waals surface area contributed by atoms with Crippen LogP contribution in [0, 0.1) is 6.92 Å². The molecule has 0 fully saturated rings. The maximum atomic E-state index is 12.7. The highest BCUT2D eigenvalue weighted by Gasteiger charge is 2.18. The predicted octanol–water partition coefficient (Wildman–Crippen LogP) is 2.48. The van der Waals surface area contributed by atoms with Crippen LogP contribution < -0.4 is 10.3 Å². The molecule has 0 N–H and O–H groups in total. The van der Waals surface area contributed by atoms with E-state index in [0.717, 1.165) is 27.5 Å². The van der Waals surface area contributed by atoms with Gasteiger partial charge in [-0.05, 0) is 30.7 Å². The Bertz CT molecular complexity index is 985. The van der Waals surface area contributed by atoms with Crippen LogP contribution >= 0.6 is 0 Å². The fourth-order valence-electron chi connectivity index (χ4n) is 2.80. The van der Waals surface area contributed by atoms with Gasteiger partial charge in [-0.15, -0.1) is 0 Å². The van der Waals surface area contributed by atoms with Gasteiger partial charge in [-0.1, -0.05) is 30.3 Å². The van der Waals surface area contributed by atoms with Crippen LogP contribution in [-0.4, -0.2) is 4.40 Å². The van der Waals surface area contributed by atoms with Crippen LogP contribution in [0.4, 0.5) is 0 Å². The molecule has 0 aliphatic carbocycles. The number of aryl methyl sites for hydroxylation is 1. The summed E-state index contributed by atoms with van der Waals surface area (Å²) in [4.78, 5) is 12.7. The van der Waals surface area contributed by atoms with Crippen molar-refractivity contribution in [3.05, 3.63) is 77.0 Å². The van der Waals surface area contributed by atoms with Gasteiger partial charge in [0.25, 0.3) is 0 Å². The third-order valence-corrected chi connectivity index (χ3v) is 3.80. The zero-order valence-corrected chi connectivity index (χ0v) is 11.1. The average molecular weight is 261 g/mol. The van der Waals surface area contributed by atoms with Crippen LogP contribution in [0.5, 0.6) is 0 Å². The molecule has 0 saturated heterocycles. The molecule has 96 valence electrons.